The fraction of sp³-hybridized carbons (Fsp3) is 0.333. The molecule has 2 fully saturated rings. The molecule has 6 aromatic carbocycles. The summed E-state index contributed by atoms with van der Waals surface area (Å²) in [5.74, 6) is 0.190. The number of benzene rings is 6. The number of aromatic amines is 1. The Morgan fingerprint density at radius 3 is 1.54 bits per heavy atom. The first-order valence-electron chi connectivity index (χ1n) is 28.4. The molecule has 0 spiro atoms. The predicted molar refractivity (Wildman–Crippen MR) is 329 cm³/mol. The van der Waals surface area contributed by atoms with Gasteiger partial charge in [-0.3, -0.25) is 14.4 Å². The molecule has 84 heavy (non-hydrogen) atoms. The Kier molecular flexibility index (Phi) is 29.0. The molecule has 3 heterocycles. The Hall–Kier alpha value is -7.54. The van der Waals surface area contributed by atoms with Crippen molar-refractivity contribution in [1.82, 2.24) is 34.4 Å². The van der Waals surface area contributed by atoms with E-state index in [0.717, 1.165) is 113 Å². The van der Waals surface area contributed by atoms with Gasteiger partial charge in [0.15, 0.2) is 0 Å². The molecule has 0 aliphatic heterocycles. The van der Waals surface area contributed by atoms with E-state index in [4.69, 9.17) is 5.73 Å². The molecule has 9 aromatic rings. The fourth-order valence-corrected chi connectivity index (χ4v) is 9.90. The molecule has 2 aliphatic carbocycles. The van der Waals surface area contributed by atoms with Gasteiger partial charge in [0.1, 0.15) is 12.6 Å². The maximum Gasteiger partial charge on any atom is 1.00 e. The second-order valence-corrected chi connectivity index (χ2v) is 20.7. The predicted octanol–water partition coefficient (Wildman–Crippen LogP) is 9.98. The largest absolute Gasteiger partial charge is 1.00 e. The van der Waals surface area contributed by atoms with Gasteiger partial charge in [-0.15, -0.1) is 0 Å². The fourth-order valence-electron chi connectivity index (χ4n) is 9.90. The number of H-pyrrole nitrogens is 1. The molecule has 0 saturated heterocycles. The van der Waals surface area contributed by atoms with E-state index in [0.29, 0.717) is 11.1 Å². The molecule has 0 atom stereocenters. The summed E-state index contributed by atoms with van der Waals surface area (Å²) in [5.41, 5.74) is 21.4. The van der Waals surface area contributed by atoms with Crippen molar-refractivity contribution in [3.8, 4) is 33.4 Å². The van der Waals surface area contributed by atoms with E-state index in [1.54, 1.807) is 6.33 Å². The first kappa shape index (κ1) is 67.3. The summed E-state index contributed by atoms with van der Waals surface area (Å²) in [6.07, 6.45) is 24.1. The van der Waals surface area contributed by atoms with E-state index < -0.39 is 17.9 Å². The van der Waals surface area contributed by atoms with Crippen molar-refractivity contribution >= 4 is 71.6 Å². The van der Waals surface area contributed by atoms with Crippen molar-refractivity contribution in [2.24, 2.45) is 31.7 Å². The average molecular weight is 1140 g/mol. The van der Waals surface area contributed by atoms with Crippen LogP contribution in [0.15, 0.2) is 146 Å². The molecule has 11 rings (SSSR count). The SMILES string of the molecule is CC(=O)OOC(C)=O.Cn1cnc2cc(-c3ccc(C=O)cc3)ccc21.Cn1cnc2ccc(-c3ccc(C=O)cc3)cc21.NCCC1CCCCC1.[B-]OC(C)=O.[Na+].c1nc2ccc(-c3ccc(CNCCC4CCCCC4)cc3)cc2[nH]1. The number of hydrogen-bond donors (Lipinski definition) is 3. The van der Waals surface area contributed by atoms with Crippen molar-refractivity contribution in [2.75, 3.05) is 13.1 Å². The van der Waals surface area contributed by atoms with Crippen LogP contribution < -0.4 is 40.6 Å². The molecule has 2 saturated carbocycles. The third-order valence-corrected chi connectivity index (χ3v) is 14.4. The molecule has 18 heteroatoms. The second kappa shape index (κ2) is 36.2. The van der Waals surface area contributed by atoms with E-state index in [1.807, 2.05) is 96.5 Å². The summed E-state index contributed by atoms with van der Waals surface area (Å²) in [6, 6.07) is 42.8. The monoisotopic (exact) mass is 1140 g/mol. The molecular formula is C66H77BN8NaO8. The van der Waals surface area contributed by atoms with Crippen LogP contribution >= 0.6 is 0 Å². The summed E-state index contributed by atoms with van der Waals surface area (Å²) in [6.45, 7) is 6.52. The first-order valence-corrected chi connectivity index (χ1v) is 28.4. The smallest absolute Gasteiger partial charge is 0.793 e. The summed E-state index contributed by atoms with van der Waals surface area (Å²) in [4.78, 5) is 74.1. The summed E-state index contributed by atoms with van der Waals surface area (Å²) in [5, 5.41) is 3.62. The zero-order valence-electron chi connectivity index (χ0n) is 49.4. The van der Waals surface area contributed by atoms with Crippen LogP contribution in [0.4, 0.5) is 0 Å². The number of nitrogens with one attached hydrogen (secondary N) is 2. The van der Waals surface area contributed by atoms with Gasteiger partial charge in [-0.25, -0.2) is 34.3 Å². The van der Waals surface area contributed by atoms with E-state index in [9.17, 15) is 24.0 Å². The molecular weight excluding hydrogens is 1070 g/mol. The Morgan fingerprint density at radius 1 is 0.571 bits per heavy atom. The van der Waals surface area contributed by atoms with Gasteiger partial charge in [0, 0.05) is 52.5 Å². The van der Waals surface area contributed by atoms with Gasteiger partial charge >= 0.3 is 41.5 Å². The zero-order valence-corrected chi connectivity index (χ0v) is 51.4. The molecule has 0 bridgehead atoms. The van der Waals surface area contributed by atoms with Gasteiger partial charge < -0.3 is 37.9 Å². The topological polar surface area (TPSA) is 215 Å². The number of nitrogens with two attached hydrogens (primary N) is 1. The Bertz CT molecular complexity index is 3430. The van der Waals surface area contributed by atoms with Crippen molar-refractivity contribution in [3.05, 3.63) is 163 Å². The van der Waals surface area contributed by atoms with Gasteiger partial charge in [-0.2, -0.15) is 0 Å². The maximum absolute atomic E-state index is 10.6. The van der Waals surface area contributed by atoms with Crippen LogP contribution in [0.25, 0.3) is 66.5 Å². The number of hydrogen-bond acceptors (Lipinski definition) is 13. The minimum absolute atomic E-state index is 0. The van der Waals surface area contributed by atoms with Gasteiger partial charge in [0.2, 0.25) is 5.97 Å². The van der Waals surface area contributed by atoms with Crippen molar-refractivity contribution in [1.29, 1.82) is 0 Å². The molecule has 3 aromatic heterocycles. The first-order chi connectivity index (χ1) is 40.3. The summed E-state index contributed by atoms with van der Waals surface area (Å²) in [7, 11) is 8.28. The molecule has 4 N–H and O–H groups in total. The summed E-state index contributed by atoms with van der Waals surface area (Å²) < 4.78 is 7.60. The number of aldehydes is 2. The molecule has 2 aliphatic rings. The number of carbonyl (C=O) groups is 5. The Morgan fingerprint density at radius 2 is 1.02 bits per heavy atom. The number of rotatable bonds is 12. The van der Waals surface area contributed by atoms with Gasteiger partial charge in [0.05, 0.1) is 52.1 Å². The van der Waals surface area contributed by atoms with Crippen LogP contribution in [-0.2, 0) is 49.5 Å². The summed E-state index contributed by atoms with van der Waals surface area (Å²) >= 11 is 0. The van der Waals surface area contributed by atoms with Gasteiger partial charge in [-0.05, 0) is 113 Å². The Labute approximate surface area is 516 Å². The molecule has 0 unspecified atom stereocenters. The van der Waals surface area contributed by atoms with Gasteiger partial charge in [-0.1, -0.05) is 155 Å². The minimum Gasteiger partial charge on any atom is -0.793 e. The van der Waals surface area contributed by atoms with Crippen LogP contribution in [0.2, 0.25) is 0 Å². The van der Waals surface area contributed by atoms with Crippen LogP contribution in [0.1, 0.15) is 124 Å². The van der Waals surface area contributed by atoms with Crippen molar-refractivity contribution < 1.29 is 68.0 Å². The molecule has 3 radical (unpaired) electrons. The van der Waals surface area contributed by atoms with Crippen LogP contribution in [0.3, 0.4) is 0 Å². The Balaban J connectivity index is 0.000000197. The van der Waals surface area contributed by atoms with Crippen LogP contribution in [0, 0.1) is 11.8 Å². The number of imidazole rings is 3. The third kappa shape index (κ3) is 22.2. The average Bonchev–Trinajstić information content (AvgIpc) is 4.29. The minimum atomic E-state index is -0.639. The number of carbonyl (C=O) groups excluding carboxylic acids is 5. The van der Waals surface area contributed by atoms with Crippen molar-refractivity contribution in [2.45, 2.75) is 104 Å². The van der Waals surface area contributed by atoms with Crippen LogP contribution in [-0.4, -0.2) is 80.7 Å². The number of nitrogens with zero attached hydrogens (tertiary/aromatic N) is 5. The van der Waals surface area contributed by atoms with E-state index in [-0.39, 0.29) is 29.6 Å². The molecule has 433 valence electrons. The zero-order chi connectivity index (χ0) is 59.3. The van der Waals surface area contributed by atoms with E-state index >= 15 is 0 Å². The van der Waals surface area contributed by atoms with Crippen molar-refractivity contribution in [3.63, 3.8) is 0 Å². The van der Waals surface area contributed by atoms with E-state index in [2.05, 4.69) is 114 Å². The maximum atomic E-state index is 10.6. The molecule has 16 nitrogen and oxygen atoms in total. The van der Waals surface area contributed by atoms with E-state index in [1.165, 1.54) is 101 Å². The number of aromatic nitrogens is 6. The third-order valence-electron chi connectivity index (χ3n) is 14.4. The van der Waals surface area contributed by atoms with Gasteiger partial charge in [0.25, 0.3) is 0 Å². The van der Waals surface area contributed by atoms with Crippen LogP contribution in [0.5, 0.6) is 0 Å². The standard InChI is InChI=1S/C22H27N3.2C15H12N2O.C8H17N.C4H6O4.C2H3BO2.Na/c1-2-4-17(5-3-1)12-13-23-15-18-6-8-19(9-7-18)20-10-11-21-22(14-20)25-16-24-21;1-17-10-16-14-8-13(6-7-15(14)17)12-4-2-11(9-18)3-5-12;1-17-10-16-14-7-6-13(8-15(14)17)12-4-2-11(9-18)3-5-12;9-7-6-8-4-2-1-3-5-8;1-3(5)7-8-4(2)6;1-2(4)5-3;/h6-11,14,16-17,23H,1-5,12-13,15H2,(H,24,25);2*2-10H,1H3;8H,1-7,9H2;1-2H3;1H3;/q;;;;;-1;+1. The molecule has 0 amide bonds. The number of aryl methyl sites for hydroxylation is 2. The normalized spacial score (nSPS) is 12.8. The number of fused-ring (bicyclic) bond motifs is 3. The quantitative estimate of drug-likeness (QED) is 0.0342. The second-order valence-electron chi connectivity index (χ2n) is 20.7.